The average Bonchev–Trinajstić information content (AvgIpc) is 2.97. The summed E-state index contributed by atoms with van der Waals surface area (Å²) in [5, 5.41) is 3.74. The Morgan fingerprint density at radius 3 is 2.30 bits per heavy atom. The molecule has 0 aliphatic heterocycles. The molecule has 0 amide bonds. The van der Waals surface area contributed by atoms with E-state index in [4.69, 9.17) is 9.26 Å². The Balaban J connectivity index is 1.77. The molecule has 0 fully saturated rings. The molecule has 3 aromatic rings. The molecule has 98 valence electrons. The van der Waals surface area contributed by atoms with Crippen molar-refractivity contribution in [3.63, 3.8) is 0 Å². The molecular formula is C16H11NO3. The second kappa shape index (κ2) is 5.40. The van der Waals surface area contributed by atoms with Gasteiger partial charge < -0.3 is 9.26 Å². The van der Waals surface area contributed by atoms with Crippen LogP contribution in [0.2, 0.25) is 0 Å². The van der Waals surface area contributed by atoms with Gasteiger partial charge in [-0.2, -0.15) is 0 Å². The van der Waals surface area contributed by atoms with E-state index in [1.165, 1.54) is 0 Å². The van der Waals surface area contributed by atoms with Crippen molar-refractivity contribution in [3.8, 4) is 17.2 Å². The van der Waals surface area contributed by atoms with Crippen LogP contribution in [0, 0.1) is 0 Å². The summed E-state index contributed by atoms with van der Waals surface area (Å²) in [5.41, 5.74) is 1.35. The Kier molecular flexibility index (Phi) is 3.29. The number of ether oxygens (including phenoxy) is 1. The number of benzene rings is 2. The first-order chi connectivity index (χ1) is 9.83. The Bertz CT molecular complexity index is 705. The second-order valence-electron chi connectivity index (χ2n) is 4.15. The fraction of sp³-hybridized carbons (Fsp3) is 0. The SMILES string of the molecule is O=C(Oc1cc(-c2ccccc2)on1)c1ccccc1. The third-order valence-electron chi connectivity index (χ3n) is 2.75. The van der Waals surface area contributed by atoms with Crippen molar-refractivity contribution in [2.24, 2.45) is 0 Å². The van der Waals surface area contributed by atoms with Gasteiger partial charge in [0.05, 0.1) is 11.6 Å². The molecule has 0 radical (unpaired) electrons. The van der Waals surface area contributed by atoms with Crippen molar-refractivity contribution in [1.82, 2.24) is 5.16 Å². The summed E-state index contributed by atoms with van der Waals surface area (Å²) >= 11 is 0. The van der Waals surface area contributed by atoms with Gasteiger partial charge in [0.15, 0.2) is 5.76 Å². The van der Waals surface area contributed by atoms with Crippen LogP contribution in [0.3, 0.4) is 0 Å². The molecule has 20 heavy (non-hydrogen) atoms. The van der Waals surface area contributed by atoms with E-state index < -0.39 is 5.97 Å². The Labute approximate surface area is 115 Å². The topological polar surface area (TPSA) is 52.3 Å². The lowest BCUT2D eigenvalue weighted by molar-refractivity contribution is 0.0721. The first-order valence-corrected chi connectivity index (χ1v) is 6.12. The van der Waals surface area contributed by atoms with Gasteiger partial charge in [0.1, 0.15) is 0 Å². The van der Waals surface area contributed by atoms with Gasteiger partial charge >= 0.3 is 5.97 Å². The summed E-state index contributed by atoms with van der Waals surface area (Å²) < 4.78 is 10.3. The van der Waals surface area contributed by atoms with Crippen LogP contribution in [0.15, 0.2) is 71.3 Å². The maximum atomic E-state index is 11.9. The van der Waals surface area contributed by atoms with Crippen LogP contribution >= 0.6 is 0 Å². The molecule has 4 heteroatoms. The molecule has 0 N–H and O–H groups in total. The largest absolute Gasteiger partial charge is 0.400 e. The van der Waals surface area contributed by atoms with Crippen molar-refractivity contribution in [2.45, 2.75) is 0 Å². The van der Waals surface area contributed by atoms with E-state index in [1.54, 1.807) is 30.3 Å². The molecule has 0 unspecified atom stereocenters. The number of esters is 1. The smallest absolute Gasteiger partial charge is 0.344 e. The standard InChI is InChI=1S/C16H11NO3/c18-16(13-9-5-2-6-10-13)19-15-11-14(20-17-15)12-7-3-1-4-8-12/h1-11H. The highest BCUT2D eigenvalue weighted by molar-refractivity contribution is 5.90. The van der Waals surface area contributed by atoms with Crippen LogP contribution in [0.25, 0.3) is 11.3 Å². The molecule has 1 heterocycles. The number of nitrogens with zero attached hydrogens (tertiary/aromatic N) is 1. The van der Waals surface area contributed by atoms with Crippen molar-refractivity contribution in [2.75, 3.05) is 0 Å². The van der Waals surface area contributed by atoms with Crippen LogP contribution in [0.4, 0.5) is 0 Å². The summed E-state index contributed by atoms with van der Waals surface area (Å²) in [6.45, 7) is 0. The molecule has 0 bridgehead atoms. The molecule has 0 aliphatic rings. The highest BCUT2D eigenvalue weighted by atomic mass is 16.6. The van der Waals surface area contributed by atoms with E-state index in [2.05, 4.69) is 5.16 Å². The number of carbonyl (C=O) groups is 1. The van der Waals surface area contributed by atoms with Crippen molar-refractivity contribution in [3.05, 3.63) is 72.3 Å². The monoisotopic (exact) mass is 265 g/mol. The van der Waals surface area contributed by atoms with E-state index in [0.29, 0.717) is 11.3 Å². The summed E-state index contributed by atoms with van der Waals surface area (Å²) in [4.78, 5) is 11.9. The van der Waals surface area contributed by atoms with Crippen LogP contribution in [-0.2, 0) is 0 Å². The van der Waals surface area contributed by atoms with Crippen LogP contribution in [0.5, 0.6) is 5.88 Å². The first kappa shape index (κ1) is 12.2. The quantitative estimate of drug-likeness (QED) is 0.679. The Morgan fingerprint density at radius 1 is 0.950 bits per heavy atom. The van der Waals surface area contributed by atoms with E-state index in [1.807, 2.05) is 36.4 Å². The Morgan fingerprint density at radius 2 is 1.60 bits per heavy atom. The molecule has 0 saturated carbocycles. The maximum Gasteiger partial charge on any atom is 0.344 e. The van der Waals surface area contributed by atoms with E-state index in [-0.39, 0.29) is 5.88 Å². The fourth-order valence-corrected chi connectivity index (χ4v) is 1.77. The van der Waals surface area contributed by atoms with Crippen molar-refractivity contribution >= 4 is 5.97 Å². The lowest BCUT2D eigenvalue weighted by Gasteiger charge is -1.98. The van der Waals surface area contributed by atoms with Gasteiger partial charge in [-0.05, 0) is 17.3 Å². The van der Waals surface area contributed by atoms with E-state index in [9.17, 15) is 4.79 Å². The van der Waals surface area contributed by atoms with Gasteiger partial charge in [0, 0.05) is 5.56 Å². The zero-order valence-electron chi connectivity index (χ0n) is 10.5. The zero-order chi connectivity index (χ0) is 13.8. The van der Waals surface area contributed by atoms with Crippen LogP contribution < -0.4 is 4.74 Å². The van der Waals surface area contributed by atoms with Crippen LogP contribution in [-0.4, -0.2) is 11.1 Å². The van der Waals surface area contributed by atoms with Gasteiger partial charge in [-0.15, -0.1) is 0 Å². The number of hydrogen-bond acceptors (Lipinski definition) is 4. The molecule has 4 nitrogen and oxygen atoms in total. The highest BCUT2D eigenvalue weighted by Crippen LogP contribution is 2.23. The minimum Gasteiger partial charge on any atom is -0.400 e. The van der Waals surface area contributed by atoms with Crippen LogP contribution in [0.1, 0.15) is 10.4 Å². The van der Waals surface area contributed by atoms with E-state index in [0.717, 1.165) is 5.56 Å². The summed E-state index contributed by atoms with van der Waals surface area (Å²) in [5.74, 6) is 0.248. The molecule has 3 rings (SSSR count). The molecule has 1 aromatic heterocycles. The average molecular weight is 265 g/mol. The molecule has 2 aromatic carbocycles. The lowest BCUT2D eigenvalue weighted by Crippen LogP contribution is -2.08. The molecule has 0 atom stereocenters. The van der Waals surface area contributed by atoms with Crippen molar-refractivity contribution in [1.29, 1.82) is 0 Å². The van der Waals surface area contributed by atoms with Gasteiger partial charge in [-0.3, -0.25) is 0 Å². The maximum absolute atomic E-state index is 11.9. The first-order valence-electron chi connectivity index (χ1n) is 6.12. The van der Waals surface area contributed by atoms with Gasteiger partial charge in [-0.25, -0.2) is 4.79 Å². The highest BCUT2D eigenvalue weighted by Gasteiger charge is 2.12. The zero-order valence-corrected chi connectivity index (χ0v) is 10.5. The van der Waals surface area contributed by atoms with Gasteiger partial charge in [0.25, 0.3) is 5.88 Å². The summed E-state index contributed by atoms with van der Waals surface area (Å²) in [7, 11) is 0. The predicted molar refractivity (Wildman–Crippen MR) is 73.3 cm³/mol. The Hall–Kier alpha value is -2.88. The molecule has 0 spiro atoms. The fourth-order valence-electron chi connectivity index (χ4n) is 1.77. The van der Waals surface area contributed by atoms with Crippen molar-refractivity contribution < 1.29 is 14.1 Å². The van der Waals surface area contributed by atoms with E-state index >= 15 is 0 Å². The molecule has 0 aliphatic carbocycles. The molecular weight excluding hydrogens is 254 g/mol. The number of hydrogen-bond donors (Lipinski definition) is 0. The lowest BCUT2D eigenvalue weighted by atomic mass is 10.2. The number of rotatable bonds is 3. The minimum absolute atomic E-state index is 0.151. The van der Waals surface area contributed by atoms with Gasteiger partial charge in [-0.1, -0.05) is 48.5 Å². The van der Waals surface area contributed by atoms with Gasteiger partial charge in [0.2, 0.25) is 0 Å². The summed E-state index contributed by atoms with van der Waals surface area (Å²) in [6.07, 6.45) is 0. The third-order valence-corrected chi connectivity index (χ3v) is 2.75. The number of aromatic nitrogens is 1. The normalized spacial score (nSPS) is 10.2. The summed E-state index contributed by atoms with van der Waals surface area (Å²) in [6, 6.07) is 19.8. The number of carbonyl (C=O) groups excluding carboxylic acids is 1. The third kappa shape index (κ3) is 2.59. The minimum atomic E-state index is -0.460. The second-order valence-corrected chi connectivity index (χ2v) is 4.15. The molecule has 0 saturated heterocycles. The predicted octanol–water partition coefficient (Wildman–Crippen LogP) is 3.56.